The van der Waals surface area contributed by atoms with E-state index in [0.717, 1.165) is 6.54 Å². The van der Waals surface area contributed by atoms with E-state index in [9.17, 15) is 0 Å². The molecule has 1 atom stereocenters. The zero-order chi connectivity index (χ0) is 12.5. The Morgan fingerprint density at radius 2 is 2.12 bits per heavy atom. The molecule has 1 aromatic rings. The summed E-state index contributed by atoms with van der Waals surface area (Å²) >= 11 is 3.71. The van der Waals surface area contributed by atoms with Gasteiger partial charge in [0, 0.05) is 10.9 Å². The molecule has 98 valence electrons. The third kappa shape index (κ3) is 5.89. The predicted molar refractivity (Wildman–Crippen MR) is 80.1 cm³/mol. The quantitative estimate of drug-likeness (QED) is 0.687. The number of thioether (sulfide) groups is 1. The van der Waals surface area contributed by atoms with E-state index in [0.29, 0.717) is 6.04 Å². The summed E-state index contributed by atoms with van der Waals surface area (Å²) in [5, 5.41) is 3.58. The lowest BCUT2D eigenvalue weighted by molar-refractivity contribution is 0.540. The first-order valence-electron chi connectivity index (χ1n) is 6.38. The van der Waals surface area contributed by atoms with Crippen LogP contribution < -0.4 is 5.32 Å². The summed E-state index contributed by atoms with van der Waals surface area (Å²) in [4.78, 5) is 5.67. The normalized spacial score (nSPS) is 12.9. The van der Waals surface area contributed by atoms with Crippen molar-refractivity contribution in [3.05, 3.63) is 16.1 Å². The van der Waals surface area contributed by atoms with Gasteiger partial charge in [-0.2, -0.15) is 11.8 Å². The SMILES string of the molecule is CSCCCCCCNC(C)c1scnc1C. The summed E-state index contributed by atoms with van der Waals surface area (Å²) in [6, 6.07) is 0.452. The maximum absolute atomic E-state index is 4.29. The van der Waals surface area contributed by atoms with E-state index < -0.39 is 0 Å². The number of nitrogens with zero attached hydrogens (tertiary/aromatic N) is 1. The van der Waals surface area contributed by atoms with Crippen LogP contribution in [0, 0.1) is 6.92 Å². The molecule has 0 fully saturated rings. The number of hydrogen-bond acceptors (Lipinski definition) is 4. The number of unbranched alkanes of at least 4 members (excludes halogenated alkanes) is 3. The average Bonchev–Trinajstić information content (AvgIpc) is 2.74. The molecule has 4 heteroatoms. The van der Waals surface area contributed by atoms with Crippen LogP contribution in [0.3, 0.4) is 0 Å². The van der Waals surface area contributed by atoms with Gasteiger partial charge in [0.25, 0.3) is 0 Å². The van der Waals surface area contributed by atoms with Gasteiger partial charge in [0.2, 0.25) is 0 Å². The molecular formula is C13H24N2S2. The second-order valence-electron chi connectivity index (χ2n) is 4.38. The van der Waals surface area contributed by atoms with Crippen molar-refractivity contribution in [2.24, 2.45) is 0 Å². The maximum atomic E-state index is 4.29. The van der Waals surface area contributed by atoms with Gasteiger partial charge < -0.3 is 5.32 Å². The van der Waals surface area contributed by atoms with Crippen LogP contribution in [0.25, 0.3) is 0 Å². The van der Waals surface area contributed by atoms with Gasteiger partial charge in [-0.1, -0.05) is 12.8 Å². The van der Waals surface area contributed by atoms with E-state index in [-0.39, 0.29) is 0 Å². The van der Waals surface area contributed by atoms with E-state index in [1.54, 1.807) is 11.3 Å². The van der Waals surface area contributed by atoms with Crippen molar-refractivity contribution in [1.29, 1.82) is 0 Å². The van der Waals surface area contributed by atoms with Gasteiger partial charge in [0.1, 0.15) is 0 Å². The van der Waals surface area contributed by atoms with E-state index in [4.69, 9.17) is 0 Å². The molecule has 1 heterocycles. The molecule has 0 saturated carbocycles. The second-order valence-corrected chi connectivity index (χ2v) is 6.26. The minimum Gasteiger partial charge on any atom is -0.309 e. The third-order valence-electron chi connectivity index (χ3n) is 2.90. The van der Waals surface area contributed by atoms with E-state index in [2.05, 4.69) is 30.4 Å². The van der Waals surface area contributed by atoms with Crippen LogP contribution in [-0.4, -0.2) is 23.5 Å². The highest BCUT2D eigenvalue weighted by molar-refractivity contribution is 7.98. The van der Waals surface area contributed by atoms with Gasteiger partial charge in [-0.05, 0) is 45.2 Å². The van der Waals surface area contributed by atoms with Gasteiger partial charge >= 0.3 is 0 Å². The van der Waals surface area contributed by atoms with Crippen LogP contribution in [0.15, 0.2) is 5.51 Å². The van der Waals surface area contributed by atoms with Gasteiger partial charge in [0.15, 0.2) is 0 Å². The minimum absolute atomic E-state index is 0.452. The van der Waals surface area contributed by atoms with Gasteiger partial charge in [-0.3, -0.25) is 0 Å². The van der Waals surface area contributed by atoms with Crippen molar-refractivity contribution < 1.29 is 0 Å². The topological polar surface area (TPSA) is 24.9 Å². The molecule has 1 rings (SSSR count). The fourth-order valence-corrected chi connectivity index (χ4v) is 3.19. The van der Waals surface area contributed by atoms with Crippen LogP contribution in [0.4, 0.5) is 0 Å². The van der Waals surface area contributed by atoms with E-state index >= 15 is 0 Å². The Balaban J connectivity index is 2.05. The molecule has 0 bridgehead atoms. The summed E-state index contributed by atoms with van der Waals surface area (Å²) in [6.45, 7) is 5.44. The molecule has 0 aliphatic carbocycles. The van der Waals surface area contributed by atoms with Crippen LogP contribution in [0.2, 0.25) is 0 Å². The standard InChI is InChI=1S/C13H24N2S2/c1-11(13-12(2)15-10-17-13)14-8-6-4-5-7-9-16-3/h10-11,14H,4-9H2,1-3H3. The smallest absolute Gasteiger partial charge is 0.0798 e. The summed E-state index contributed by atoms with van der Waals surface area (Å²) in [5.74, 6) is 1.31. The lowest BCUT2D eigenvalue weighted by Gasteiger charge is -2.12. The first-order valence-corrected chi connectivity index (χ1v) is 8.65. The van der Waals surface area contributed by atoms with Crippen molar-refractivity contribution in [2.45, 2.75) is 45.6 Å². The van der Waals surface area contributed by atoms with Gasteiger partial charge in [-0.15, -0.1) is 11.3 Å². The van der Waals surface area contributed by atoms with Crippen LogP contribution in [0.1, 0.15) is 49.2 Å². The largest absolute Gasteiger partial charge is 0.309 e. The van der Waals surface area contributed by atoms with Crippen molar-refractivity contribution in [2.75, 3.05) is 18.6 Å². The Kier molecular flexibility index (Phi) is 7.90. The predicted octanol–water partition coefficient (Wildman–Crippen LogP) is 4.03. The van der Waals surface area contributed by atoms with Crippen LogP contribution in [-0.2, 0) is 0 Å². The Morgan fingerprint density at radius 3 is 2.76 bits per heavy atom. The Bertz CT molecular complexity index is 299. The fraction of sp³-hybridized carbons (Fsp3) is 0.769. The third-order valence-corrected chi connectivity index (χ3v) is 4.71. The second kappa shape index (κ2) is 8.95. The number of thiazole rings is 1. The number of aromatic nitrogens is 1. The van der Waals surface area contributed by atoms with Crippen LogP contribution in [0.5, 0.6) is 0 Å². The molecule has 1 N–H and O–H groups in total. The van der Waals surface area contributed by atoms with E-state index in [1.165, 1.54) is 42.0 Å². The van der Waals surface area contributed by atoms with Crippen molar-refractivity contribution in [3.8, 4) is 0 Å². The lowest BCUT2D eigenvalue weighted by Crippen LogP contribution is -2.19. The van der Waals surface area contributed by atoms with Crippen LogP contribution >= 0.6 is 23.1 Å². The molecule has 17 heavy (non-hydrogen) atoms. The molecule has 0 spiro atoms. The molecule has 0 amide bonds. The van der Waals surface area contributed by atoms with Crippen molar-refractivity contribution >= 4 is 23.1 Å². The number of rotatable bonds is 9. The average molecular weight is 272 g/mol. The number of aryl methyl sites for hydroxylation is 1. The highest BCUT2D eigenvalue weighted by atomic mass is 32.2. The number of hydrogen-bond donors (Lipinski definition) is 1. The molecule has 0 aliphatic rings. The molecule has 0 aromatic carbocycles. The first kappa shape index (κ1) is 15.0. The van der Waals surface area contributed by atoms with E-state index in [1.807, 2.05) is 17.3 Å². The van der Waals surface area contributed by atoms with Crippen molar-refractivity contribution in [1.82, 2.24) is 10.3 Å². The van der Waals surface area contributed by atoms with Crippen molar-refractivity contribution in [3.63, 3.8) is 0 Å². The molecule has 1 unspecified atom stereocenters. The molecule has 0 aliphatic heterocycles. The first-order chi connectivity index (χ1) is 8.25. The minimum atomic E-state index is 0.452. The highest BCUT2D eigenvalue weighted by Gasteiger charge is 2.09. The zero-order valence-corrected chi connectivity index (χ0v) is 12.8. The van der Waals surface area contributed by atoms with Gasteiger partial charge in [0.05, 0.1) is 11.2 Å². The Hall–Kier alpha value is -0.0600. The molecule has 1 aromatic heterocycles. The molecule has 0 saturated heterocycles. The highest BCUT2D eigenvalue weighted by Crippen LogP contribution is 2.20. The fourth-order valence-electron chi connectivity index (χ4n) is 1.86. The lowest BCUT2D eigenvalue weighted by atomic mass is 10.2. The summed E-state index contributed by atoms with van der Waals surface area (Å²) in [6.07, 6.45) is 7.56. The zero-order valence-electron chi connectivity index (χ0n) is 11.2. The Morgan fingerprint density at radius 1 is 1.35 bits per heavy atom. The molecular weight excluding hydrogens is 248 g/mol. The summed E-state index contributed by atoms with van der Waals surface area (Å²) in [5.41, 5.74) is 3.11. The van der Waals surface area contributed by atoms with Gasteiger partial charge in [-0.25, -0.2) is 4.98 Å². The molecule has 2 nitrogen and oxygen atoms in total. The maximum Gasteiger partial charge on any atom is 0.0798 e. The summed E-state index contributed by atoms with van der Waals surface area (Å²) < 4.78 is 0. The Labute approximate surface area is 114 Å². The summed E-state index contributed by atoms with van der Waals surface area (Å²) in [7, 11) is 0. The number of nitrogens with one attached hydrogen (secondary N) is 1. The molecule has 0 radical (unpaired) electrons. The monoisotopic (exact) mass is 272 g/mol.